The van der Waals surface area contributed by atoms with E-state index in [0.717, 1.165) is 4.90 Å². The van der Waals surface area contributed by atoms with E-state index in [2.05, 4.69) is 5.32 Å². The van der Waals surface area contributed by atoms with Crippen molar-refractivity contribution in [3.63, 3.8) is 0 Å². The minimum atomic E-state index is -0.446. The third-order valence-corrected chi connectivity index (χ3v) is 4.09. The number of benzene rings is 1. The van der Waals surface area contributed by atoms with Crippen LogP contribution in [0.1, 0.15) is 6.92 Å². The van der Waals surface area contributed by atoms with Crippen LogP contribution in [0.2, 0.25) is 5.02 Å². The molecule has 7 heteroatoms. The summed E-state index contributed by atoms with van der Waals surface area (Å²) in [4.78, 5) is 36.9. The van der Waals surface area contributed by atoms with E-state index in [9.17, 15) is 14.4 Å². The van der Waals surface area contributed by atoms with E-state index >= 15 is 0 Å². The minimum Gasteiger partial charge on any atom is -0.323 e. The van der Waals surface area contributed by atoms with Crippen molar-refractivity contribution in [1.29, 1.82) is 0 Å². The van der Waals surface area contributed by atoms with Crippen molar-refractivity contribution in [3.8, 4) is 0 Å². The Morgan fingerprint density at radius 2 is 1.80 bits per heavy atom. The molecule has 1 aliphatic rings. The predicted molar refractivity (Wildman–Crippen MR) is 76.5 cm³/mol. The highest BCUT2D eigenvalue weighted by Gasteiger charge is 2.29. The van der Waals surface area contributed by atoms with Crippen LogP contribution in [0.25, 0.3) is 0 Å². The fourth-order valence-corrected chi connectivity index (χ4v) is 2.90. The molecule has 0 aliphatic carbocycles. The first-order chi connectivity index (χ1) is 9.45. The van der Waals surface area contributed by atoms with Crippen molar-refractivity contribution in [2.24, 2.45) is 0 Å². The first-order valence-corrected chi connectivity index (χ1v) is 7.25. The number of rotatable bonds is 3. The van der Waals surface area contributed by atoms with Gasteiger partial charge in [0.15, 0.2) is 0 Å². The van der Waals surface area contributed by atoms with Gasteiger partial charge in [-0.3, -0.25) is 19.7 Å². The van der Waals surface area contributed by atoms with Crippen LogP contribution in [-0.2, 0) is 14.4 Å². The molecule has 1 fully saturated rings. The predicted octanol–water partition coefficient (Wildman–Crippen LogP) is 1.31. The van der Waals surface area contributed by atoms with Crippen molar-refractivity contribution in [2.45, 2.75) is 17.1 Å². The molecule has 0 aromatic heterocycles. The Hall–Kier alpha value is -1.53. The van der Waals surface area contributed by atoms with Crippen LogP contribution in [0.3, 0.4) is 0 Å². The van der Waals surface area contributed by atoms with E-state index < -0.39 is 11.8 Å². The summed E-state index contributed by atoms with van der Waals surface area (Å²) in [5.41, 5.74) is 0. The lowest BCUT2D eigenvalue weighted by Gasteiger charge is -2.27. The number of carbonyl (C=O) groups excluding carboxylic acids is 3. The van der Waals surface area contributed by atoms with Gasteiger partial charge in [0.2, 0.25) is 17.7 Å². The van der Waals surface area contributed by atoms with Gasteiger partial charge in [-0.2, -0.15) is 0 Å². The van der Waals surface area contributed by atoms with Gasteiger partial charge in [-0.25, -0.2) is 0 Å². The maximum absolute atomic E-state index is 12.2. The Kier molecular flexibility index (Phi) is 4.67. The zero-order valence-corrected chi connectivity index (χ0v) is 12.3. The lowest BCUT2D eigenvalue weighted by atomic mass is 10.3. The normalized spacial score (nSPS) is 16.8. The van der Waals surface area contributed by atoms with Crippen molar-refractivity contribution in [3.05, 3.63) is 29.3 Å². The summed E-state index contributed by atoms with van der Waals surface area (Å²) in [6.07, 6.45) is 0. The number of nitrogens with one attached hydrogen (secondary N) is 1. The van der Waals surface area contributed by atoms with Gasteiger partial charge in [0.25, 0.3) is 0 Å². The highest BCUT2D eigenvalue weighted by molar-refractivity contribution is 8.00. The Morgan fingerprint density at radius 3 is 2.35 bits per heavy atom. The van der Waals surface area contributed by atoms with Crippen molar-refractivity contribution in [2.75, 3.05) is 13.1 Å². The van der Waals surface area contributed by atoms with Gasteiger partial charge in [-0.15, -0.1) is 11.8 Å². The molecule has 1 aromatic carbocycles. The summed E-state index contributed by atoms with van der Waals surface area (Å²) in [5.74, 6) is -1.12. The topological polar surface area (TPSA) is 66.5 Å². The van der Waals surface area contributed by atoms with Crippen LogP contribution >= 0.6 is 23.4 Å². The van der Waals surface area contributed by atoms with Crippen LogP contribution in [0.15, 0.2) is 29.2 Å². The van der Waals surface area contributed by atoms with Gasteiger partial charge in [-0.1, -0.05) is 11.6 Å². The molecule has 1 atom stereocenters. The Bertz CT molecular complexity index is 531. The molecule has 0 saturated carbocycles. The second kappa shape index (κ2) is 6.28. The number of halogens is 1. The number of nitrogens with zero attached hydrogens (tertiary/aromatic N) is 1. The number of thioether (sulfide) groups is 1. The molecule has 1 unspecified atom stereocenters. The smallest absolute Gasteiger partial charge is 0.246 e. The van der Waals surface area contributed by atoms with E-state index in [1.54, 1.807) is 19.1 Å². The molecule has 5 nitrogen and oxygen atoms in total. The van der Waals surface area contributed by atoms with Gasteiger partial charge >= 0.3 is 0 Å². The van der Waals surface area contributed by atoms with Crippen LogP contribution in [-0.4, -0.2) is 41.0 Å². The maximum atomic E-state index is 12.2. The average Bonchev–Trinajstić information content (AvgIpc) is 2.39. The fourth-order valence-electron chi connectivity index (χ4n) is 1.82. The summed E-state index contributed by atoms with van der Waals surface area (Å²) in [7, 11) is 0. The van der Waals surface area contributed by atoms with E-state index in [-0.39, 0.29) is 24.2 Å². The average molecular weight is 313 g/mol. The third kappa shape index (κ3) is 3.74. The van der Waals surface area contributed by atoms with Gasteiger partial charge < -0.3 is 4.90 Å². The molecule has 1 aromatic rings. The Balaban J connectivity index is 1.99. The number of piperazine rings is 1. The van der Waals surface area contributed by atoms with Crippen LogP contribution in [0.4, 0.5) is 0 Å². The molecule has 106 valence electrons. The van der Waals surface area contributed by atoms with Crippen molar-refractivity contribution >= 4 is 41.1 Å². The SMILES string of the molecule is CC(Sc1ccc(Cl)cc1)C(=O)N1CC(=O)NC(=O)C1. The molecule has 20 heavy (non-hydrogen) atoms. The molecule has 1 heterocycles. The Morgan fingerprint density at radius 1 is 1.25 bits per heavy atom. The summed E-state index contributed by atoms with van der Waals surface area (Å²) >= 11 is 7.16. The first kappa shape index (κ1) is 14.9. The Labute approximate surface area is 125 Å². The maximum Gasteiger partial charge on any atom is 0.246 e. The molecule has 1 aliphatic heterocycles. The van der Waals surface area contributed by atoms with Gasteiger partial charge in [0.05, 0.1) is 5.25 Å². The standard InChI is InChI=1S/C13H13ClN2O3S/c1-8(20-10-4-2-9(14)3-5-10)13(19)16-6-11(17)15-12(18)7-16/h2-5,8H,6-7H2,1H3,(H,15,17,18). The van der Waals surface area contributed by atoms with Crippen LogP contribution in [0.5, 0.6) is 0 Å². The molecule has 2 rings (SSSR count). The number of hydrogen-bond acceptors (Lipinski definition) is 4. The summed E-state index contributed by atoms with van der Waals surface area (Å²) in [5, 5.41) is 2.42. The second-order valence-corrected chi connectivity index (χ2v) is 6.23. The van der Waals surface area contributed by atoms with E-state index in [4.69, 9.17) is 11.6 Å². The third-order valence-electron chi connectivity index (χ3n) is 2.73. The molecule has 1 N–H and O–H groups in total. The molecule has 0 radical (unpaired) electrons. The van der Waals surface area contributed by atoms with Gasteiger partial charge in [-0.05, 0) is 31.2 Å². The zero-order chi connectivity index (χ0) is 14.7. The van der Waals surface area contributed by atoms with Crippen molar-refractivity contribution in [1.82, 2.24) is 10.2 Å². The van der Waals surface area contributed by atoms with E-state index in [0.29, 0.717) is 5.02 Å². The summed E-state index contributed by atoms with van der Waals surface area (Å²) in [6.45, 7) is 1.60. The monoisotopic (exact) mass is 312 g/mol. The summed E-state index contributed by atoms with van der Waals surface area (Å²) in [6, 6.07) is 7.15. The number of carbonyl (C=O) groups is 3. The molecule has 3 amide bonds. The number of hydrogen-bond donors (Lipinski definition) is 1. The van der Waals surface area contributed by atoms with Crippen LogP contribution in [0, 0.1) is 0 Å². The minimum absolute atomic E-state index is 0.0733. The largest absolute Gasteiger partial charge is 0.323 e. The highest BCUT2D eigenvalue weighted by Crippen LogP contribution is 2.25. The van der Waals surface area contributed by atoms with Gasteiger partial charge in [0.1, 0.15) is 13.1 Å². The van der Waals surface area contributed by atoms with Gasteiger partial charge in [0, 0.05) is 9.92 Å². The second-order valence-electron chi connectivity index (χ2n) is 4.38. The number of amides is 3. The van der Waals surface area contributed by atoms with Crippen LogP contribution < -0.4 is 5.32 Å². The fraction of sp³-hybridized carbons (Fsp3) is 0.308. The number of imide groups is 1. The molecule has 1 saturated heterocycles. The van der Waals surface area contributed by atoms with E-state index in [1.807, 2.05) is 12.1 Å². The zero-order valence-electron chi connectivity index (χ0n) is 10.8. The van der Waals surface area contributed by atoms with Crippen molar-refractivity contribution < 1.29 is 14.4 Å². The molecule has 0 bridgehead atoms. The quantitative estimate of drug-likeness (QED) is 0.675. The molecule has 0 spiro atoms. The lowest BCUT2D eigenvalue weighted by Crippen LogP contribution is -2.54. The molecular formula is C13H13ClN2O3S. The van der Waals surface area contributed by atoms with E-state index in [1.165, 1.54) is 16.7 Å². The molecular weight excluding hydrogens is 300 g/mol. The summed E-state index contributed by atoms with van der Waals surface area (Å²) < 4.78 is 0. The highest BCUT2D eigenvalue weighted by atomic mass is 35.5. The first-order valence-electron chi connectivity index (χ1n) is 5.99. The lowest BCUT2D eigenvalue weighted by molar-refractivity contribution is -0.144.